The lowest BCUT2D eigenvalue weighted by Crippen LogP contribution is -2.28. The van der Waals surface area contributed by atoms with Crippen LogP contribution in [-0.2, 0) is 0 Å². The molecule has 0 saturated heterocycles. The van der Waals surface area contributed by atoms with Gasteiger partial charge in [0.15, 0.2) is 11.5 Å². The van der Waals surface area contributed by atoms with E-state index in [9.17, 15) is 0 Å². The Morgan fingerprint density at radius 2 is 1.50 bits per heavy atom. The highest BCUT2D eigenvalue weighted by Crippen LogP contribution is 2.38. The van der Waals surface area contributed by atoms with Crippen molar-refractivity contribution in [2.24, 2.45) is 14.0 Å². The SMILES string of the molecule is CCCOc1cccc(-c2ccccc2)c1OCCC[Si](N=C=S)(N=C=S)N=C=S. The number of ether oxygens (including phenoxy) is 2. The molecular weight excluding hydrogens is 451 g/mol. The zero-order valence-electron chi connectivity index (χ0n) is 16.5. The smallest absolute Gasteiger partial charge is 0.461 e. The van der Waals surface area contributed by atoms with Gasteiger partial charge in [-0.3, -0.25) is 0 Å². The molecule has 0 fully saturated rings. The van der Waals surface area contributed by atoms with Gasteiger partial charge >= 0.3 is 8.56 Å². The van der Waals surface area contributed by atoms with Gasteiger partial charge in [-0.15, -0.1) is 0 Å². The molecule has 0 aliphatic heterocycles. The number of thiocarbonyl (C=S) groups is 3. The Bertz CT molecular complexity index is 939. The van der Waals surface area contributed by atoms with Crippen LogP contribution in [0.3, 0.4) is 0 Å². The van der Waals surface area contributed by atoms with E-state index in [-0.39, 0.29) is 0 Å². The molecule has 0 N–H and O–H groups in total. The molecule has 154 valence electrons. The first kappa shape index (κ1) is 23.9. The van der Waals surface area contributed by atoms with Crippen LogP contribution in [-0.4, -0.2) is 37.3 Å². The molecule has 0 amide bonds. The maximum absolute atomic E-state index is 6.18. The van der Waals surface area contributed by atoms with Crippen LogP contribution in [0.1, 0.15) is 19.8 Å². The summed E-state index contributed by atoms with van der Waals surface area (Å²) in [6.45, 7) is 3.09. The Morgan fingerprint density at radius 1 is 0.833 bits per heavy atom. The Hall–Kier alpha value is -2.34. The van der Waals surface area contributed by atoms with Gasteiger partial charge in [-0.1, -0.05) is 49.4 Å². The lowest BCUT2D eigenvalue weighted by Gasteiger charge is -2.17. The molecule has 2 aromatic carbocycles. The van der Waals surface area contributed by atoms with E-state index in [0.717, 1.165) is 17.5 Å². The van der Waals surface area contributed by atoms with Gasteiger partial charge < -0.3 is 9.47 Å². The molecule has 5 nitrogen and oxygen atoms in total. The summed E-state index contributed by atoms with van der Waals surface area (Å²) in [5, 5.41) is 7.05. The molecule has 9 heteroatoms. The first-order chi connectivity index (χ1) is 14.7. The fourth-order valence-corrected chi connectivity index (χ4v) is 5.64. The molecule has 0 aliphatic carbocycles. The van der Waals surface area contributed by atoms with Gasteiger partial charge in [0.1, 0.15) is 0 Å². The summed E-state index contributed by atoms with van der Waals surface area (Å²) in [4.78, 5) is 0. The van der Waals surface area contributed by atoms with Gasteiger partial charge in [0.2, 0.25) is 0 Å². The molecule has 0 saturated carbocycles. The highest BCUT2D eigenvalue weighted by atomic mass is 32.1. The van der Waals surface area contributed by atoms with Gasteiger partial charge in [0, 0.05) is 11.6 Å². The second-order valence-corrected chi connectivity index (χ2v) is 9.45. The van der Waals surface area contributed by atoms with Gasteiger partial charge in [-0.2, -0.15) is 0 Å². The zero-order valence-corrected chi connectivity index (χ0v) is 20.0. The number of hydrogen-bond donors (Lipinski definition) is 0. The van der Waals surface area contributed by atoms with Crippen molar-refractivity contribution >= 4 is 60.7 Å². The topological polar surface area (TPSA) is 55.5 Å². The molecule has 0 spiro atoms. The van der Waals surface area contributed by atoms with Crippen molar-refractivity contribution in [1.82, 2.24) is 0 Å². The number of para-hydroxylation sites is 1. The molecule has 0 aliphatic rings. The van der Waals surface area contributed by atoms with E-state index in [2.05, 4.69) is 36.4 Å². The minimum absolute atomic E-state index is 0.411. The summed E-state index contributed by atoms with van der Waals surface area (Å²) in [7, 11) is -2.93. The maximum Gasteiger partial charge on any atom is 0.461 e. The predicted molar refractivity (Wildman–Crippen MR) is 133 cm³/mol. The third-order valence-electron chi connectivity index (χ3n) is 4.10. The van der Waals surface area contributed by atoms with E-state index < -0.39 is 8.56 Å². The van der Waals surface area contributed by atoms with Crippen molar-refractivity contribution in [2.45, 2.75) is 25.8 Å². The molecule has 0 aromatic heterocycles. The monoisotopic (exact) mass is 471 g/mol. The van der Waals surface area contributed by atoms with Crippen LogP contribution in [0.25, 0.3) is 11.1 Å². The Labute approximate surface area is 193 Å². The van der Waals surface area contributed by atoms with E-state index in [1.165, 1.54) is 0 Å². The van der Waals surface area contributed by atoms with Gasteiger partial charge in [-0.25, -0.2) is 14.0 Å². The lowest BCUT2D eigenvalue weighted by atomic mass is 10.0. The summed E-state index contributed by atoms with van der Waals surface area (Å²) in [6.07, 6.45) is 1.52. The zero-order chi connectivity index (χ0) is 21.7. The average Bonchev–Trinajstić information content (AvgIpc) is 2.77. The van der Waals surface area contributed by atoms with Gasteiger partial charge in [-0.05, 0) is 61.1 Å². The quantitative estimate of drug-likeness (QED) is 0.161. The Kier molecular flexibility index (Phi) is 10.4. The molecule has 0 bridgehead atoms. The van der Waals surface area contributed by atoms with Crippen molar-refractivity contribution in [1.29, 1.82) is 0 Å². The van der Waals surface area contributed by atoms with Crippen molar-refractivity contribution in [3.05, 3.63) is 48.5 Å². The minimum Gasteiger partial charge on any atom is -0.490 e. The van der Waals surface area contributed by atoms with Crippen molar-refractivity contribution < 1.29 is 9.47 Å². The molecule has 0 atom stereocenters. The van der Waals surface area contributed by atoms with Crippen molar-refractivity contribution in [3.63, 3.8) is 0 Å². The standard InChI is InChI=1S/C21H21N3O2S3Si/c1-2-12-25-20-11-6-10-19(18-8-4-3-5-9-18)21(20)26-13-7-14-30(22-15-27,23-16-28)24-17-29/h3-6,8-11H,2,7,12-14H2,1H3. The van der Waals surface area contributed by atoms with Crippen LogP contribution in [0.5, 0.6) is 11.5 Å². The molecule has 0 radical (unpaired) electrons. The fourth-order valence-electron chi connectivity index (χ4n) is 2.78. The fraction of sp³-hybridized carbons (Fsp3) is 0.286. The normalized spacial score (nSPS) is 11.8. The van der Waals surface area contributed by atoms with Gasteiger partial charge in [0.25, 0.3) is 0 Å². The van der Waals surface area contributed by atoms with Crippen molar-refractivity contribution in [3.8, 4) is 22.6 Å². The molecule has 30 heavy (non-hydrogen) atoms. The summed E-state index contributed by atoms with van der Waals surface area (Å²) < 4.78 is 24.5. The minimum atomic E-state index is -2.93. The van der Waals surface area contributed by atoms with E-state index in [0.29, 0.717) is 37.2 Å². The molecule has 0 unspecified atom stereocenters. The highest BCUT2D eigenvalue weighted by molar-refractivity contribution is 7.78. The van der Waals surface area contributed by atoms with E-state index in [1.807, 2.05) is 48.5 Å². The van der Waals surface area contributed by atoms with Crippen LogP contribution in [0, 0.1) is 0 Å². The Morgan fingerprint density at radius 3 is 2.10 bits per heavy atom. The summed E-state index contributed by atoms with van der Waals surface area (Å²) in [5.41, 5.74) is 2.03. The number of nitrogens with zero attached hydrogens (tertiary/aromatic N) is 3. The number of hydrogen-bond acceptors (Lipinski definition) is 8. The van der Waals surface area contributed by atoms with E-state index in [1.54, 1.807) is 0 Å². The first-order valence-corrected chi connectivity index (χ1v) is 12.7. The van der Waals surface area contributed by atoms with Crippen LogP contribution >= 0.6 is 36.7 Å². The highest BCUT2D eigenvalue weighted by Gasteiger charge is 2.34. The maximum atomic E-state index is 6.18. The predicted octanol–water partition coefficient (Wildman–Crippen LogP) is 6.16. The number of isothiocyanates is 3. The van der Waals surface area contributed by atoms with Crippen LogP contribution in [0.15, 0.2) is 62.5 Å². The first-order valence-electron chi connectivity index (χ1n) is 9.40. The lowest BCUT2D eigenvalue weighted by molar-refractivity contribution is 0.269. The molecule has 0 heterocycles. The summed E-state index contributed by atoms with van der Waals surface area (Å²) in [6, 6.07) is 16.5. The van der Waals surface area contributed by atoms with E-state index in [4.69, 9.17) is 46.1 Å². The second-order valence-electron chi connectivity index (χ2n) is 6.18. The number of rotatable bonds is 12. The van der Waals surface area contributed by atoms with Crippen LogP contribution in [0.4, 0.5) is 0 Å². The third-order valence-corrected chi connectivity index (χ3v) is 7.30. The number of benzene rings is 2. The van der Waals surface area contributed by atoms with Crippen LogP contribution < -0.4 is 9.47 Å². The van der Waals surface area contributed by atoms with E-state index >= 15 is 0 Å². The van der Waals surface area contributed by atoms with Crippen LogP contribution in [0.2, 0.25) is 6.04 Å². The Balaban J connectivity index is 2.23. The summed E-state index contributed by atoms with van der Waals surface area (Å²) in [5.74, 6) is 1.42. The summed E-state index contributed by atoms with van der Waals surface area (Å²) >= 11 is 14.2. The second kappa shape index (κ2) is 13.1. The molecule has 2 aromatic rings. The third kappa shape index (κ3) is 6.87. The molecule has 2 rings (SSSR count). The van der Waals surface area contributed by atoms with Gasteiger partial charge in [0.05, 0.1) is 28.7 Å². The average molecular weight is 472 g/mol. The van der Waals surface area contributed by atoms with Crippen molar-refractivity contribution in [2.75, 3.05) is 13.2 Å². The molecular formula is C21H21N3O2S3Si. The largest absolute Gasteiger partial charge is 0.490 e.